The molecule has 15 atom stereocenters. The fourth-order valence-corrected chi connectivity index (χ4v) is 6.40. The van der Waals surface area contributed by atoms with E-state index in [9.17, 15) is 61.0 Å². The molecule has 0 bridgehead atoms. The lowest BCUT2D eigenvalue weighted by atomic mass is 9.97. The summed E-state index contributed by atoms with van der Waals surface area (Å²) in [6.45, 7) is 2.09. The zero-order chi connectivity index (χ0) is 39.3. The first kappa shape index (κ1) is 39.8. The molecular formula is C34H42O20. The quantitative estimate of drug-likeness (QED) is 0.107. The molecule has 3 aliphatic heterocycles. The minimum Gasteiger partial charge on any atom is -0.508 e. The van der Waals surface area contributed by atoms with Crippen LogP contribution in [0.25, 0.3) is 22.3 Å². The van der Waals surface area contributed by atoms with Gasteiger partial charge in [-0.15, -0.1) is 0 Å². The summed E-state index contributed by atoms with van der Waals surface area (Å²) in [6.07, 6.45) is -24.9. The van der Waals surface area contributed by atoms with Crippen molar-refractivity contribution in [3.05, 3.63) is 40.6 Å². The molecule has 6 rings (SSSR count). The van der Waals surface area contributed by atoms with Gasteiger partial charge in [-0.1, -0.05) is 0 Å². The third-order valence-electron chi connectivity index (χ3n) is 9.57. The summed E-state index contributed by atoms with van der Waals surface area (Å²) in [5, 5.41) is 115. The number of fused-ring (bicyclic) bond motifs is 1. The highest BCUT2D eigenvalue weighted by Crippen LogP contribution is 2.40. The van der Waals surface area contributed by atoms with Crippen LogP contribution in [0, 0.1) is 0 Å². The van der Waals surface area contributed by atoms with Gasteiger partial charge in [0.1, 0.15) is 77.4 Å². The number of aromatic hydroxyl groups is 3. The first-order valence-electron chi connectivity index (χ1n) is 16.8. The van der Waals surface area contributed by atoms with Gasteiger partial charge in [0.2, 0.25) is 17.5 Å². The molecule has 3 aliphatic rings. The fourth-order valence-electron chi connectivity index (χ4n) is 6.40. The van der Waals surface area contributed by atoms with Crippen molar-refractivity contribution in [3.63, 3.8) is 0 Å². The predicted molar refractivity (Wildman–Crippen MR) is 176 cm³/mol. The standard InChI is InChI=1S/C34H42O20/c1-10-20(38)24(42)27(45)32(49-10)48-9-18-22(40)26(44)31(54-33-28(46)25(43)21(39)11(2)50-33)34(52-18)53-30-23(41)19-15(37)7-13(35)8-17(19)51-29(30)12-4-5-14(36)16(6-12)47-3/h4-8,10-11,18,20-22,24-28,31-40,42-46H,9H2,1-3H3/t10-,11-,18+,20-,21-,22+,24+,25+,26-,27+,28+,31+,32+,33-,34-/m0/s1. The average Bonchev–Trinajstić information content (AvgIpc) is 3.13. The van der Waals surface area contributed by atoms with Crippen LogP contribution in [0.3, 0.4) is 0 Å². The van der Waals surface area contributed by atoms with Crippen LogP contribution in [0.5, 0.6) is 28.7 Å². The van der Waals surface area contributed by atoms with E-state index in [1.165, 1.54) is 39.2 Å². The molecule has 3 saturated heterocycles. The zero-order valence-electron chi connectivity index (χ0n) is 28.8. The van der Waals surface area contributed by atoms with Crippen LogP contribution in [-0.2, 0) is 23.7 Å². The normalized spacial score (nSPS) is 37.3. The molecule has 298 valence electrons. The molecule has 0 amide bonds. The average molecular weight is 771 g/mol. The molecule has 4 heterocycles. The second-order valence-electron chi connectivity index (χ2n) is 13.3. The maximum absolute atomic E-state index is 14.2. The highest BCUT2D eigenvalue weighted by molar-refractivity contribution is 5.88. The van der Waals surface area contributed by atoms with E-state index in [0.29, 0.717) is 0 Å². The monoisotopic (exact) mass is 770 g/mol. The molecule has 0 aliphatic carbocycles. The van der Waals surface area contributed by atoms with Crippen LogP contribution in [0.15, 0.2) is 39.5 Å². The number of phenols is 3. The van der Waals surface area contributed by atoms with Crippen molar-refractivity contribution in [2.45, 2.75) is 106 Å². The van der Waals surface area contributed by atoms with Crippen LogP contribution in [0.1, 0.15) is 13.8 Å². The lowest BCUT2D eigenvalue weighted by Crippen LogP contribution is -2.65. The minimum absolute atomic E-state index is 0.0468. The van der Waals surface area contributed by atoms with Crippen molar-refractivity contribution < 1.29 is 93.7 Å². The Balaban J connectivity index is 1.41. The second kappa shape index (κ2) is 15.7. The van der Waals surface area contributed by atoms with E-state index in [-0.39, 0.29) is 28.4 Å². The lowest BCUT2D eigenvalue weighted by Gasteiger charge is -2.46. The first-order chi connectivity index (χ1) is 25.5. The molecule has 11 N–H and O–H groups in total. The summed E-state index contributed by atoms with van der Waals surface area (Å²) in [5.41, 5.74) is -1.31. The van der Waals surface area contributed by atoms with E-state index in [0.717, 1.165) is 12.1 Å². The number of benzene rings is 2. The van der Waals surface area contributed by atoms with Crippen LogP contribution in [-0.4, -0.2) is 162 Å². The van der Waals surface area contributed by atoms with E-state index in [2.05, 4.69) is 0 Å². The van der Waals surface area contributed by atoms with Gasteiger partial charge in [0, 0.05) is 17.7 Å². The van der Waals surface area contributed by atoms with Gasteiger partial charge in [-0.25, -0.2) is 0 Å². The van der Waals surface area contributed by atoms with Crippen LogP contribution < -0.4 is 14.9 Å². The van der Waals surface area contributed by atoms with E-state index < -0.39 is 127 Å². The Labute approximate surface area is 305 Å². The fraction of sp³-hybridized carbons (Fsp3) is 0.559. The summed E-state index contributed by atoms with van der Waals surface area (Å²) in [6, 6.07) is 5.69. The van der Waals surface area contributed by atoms with Gasteiger partial charge in [-0.2, -0.15) is 0 Å². The molecule has 20 nitrogen and oxygen atoms in total. The van der Waals surface area contributed by atoms with E-state index >= 15 is 0 Å². The maximum Gasteiger partial charge on any atom is 0.239 e. The lowest BCUT2D eigenvalue weighted by molar-refractivity contribution is -0.360. The summed E-state index contributed by atoms with van der Waals surface area (Å²) in [7, 11) is 1.26. The molecule has 20 heteroatoms. The van der Waals surface area contributed by atoms with E-state index in [1.54, 1.807) is 0 Å². The number of ether oxygens (including phenoxy) is 7. The van der Waals surface area contributed by atoms with Gasteiger partial charge in [-0.3, -0.25) is 4.79 Å². The van der Waals surface area contributed by atoms with Gasteiger partial charge in [0.05, 0.1) is 25.9 Å². The summed E-state index contributed by atoms with van der Waals surface area (Å²) >= 11 is 0. The van der Waals surface area contributed by atoms with Crippen molar-refractivity contribution in [3.8, 4) is 40.1 Å². The number of aliphatic hydroxyl groups is 8. The van der Waals surface area contributed by atoms with Crippen molar-refractivity contribution >= 4 is 11.0 Å². The number of aliphatic hydroxyl groups excluding tert-OH is 8. The molecule has 1 aromatic heterocycles. The summed E-state index contributed by atoms with van der Waals surface area (Å²) in [5.74, 6) is -2.63. The predicted octanol–water partition coefficient (Wildman–Crippen LogP) is -2.53. The molecule has 3 aromatic rings. The largest absolute Gasteiger partial charge is 0.508 e. The molecule has 2 aromatic carbocycles. The Kier molecular flexibility index (Phi) is 11.6. The first-order valence-corrected chi connectivity index (χ1v) is 16.8. The SMILES string of the molecule is COc1cc(-c2oc3cc(O)cc(O)c3c(=O)c2O[C@@H]2O[C@H](CO[C@@H]3O[C@@H](C)[C@H](O)[C@@H](O)[C@H]3O)[C@@H](O)[C@H](O)[C@H]2O[C@@H]2O[C@@H](C)[C@H](O)[C@@H](O)[C@H]2O)ccc1O. The van der Waals surface area contributed by atoms with Crippen LogP contribution in [0.2, 0.25) is 0 Å². The van der Waals surface area contributed by atoms with Crippen molar-refractivity contribution in [2.75, 3.05) is 13.7 Å². The van der Waals surface area contributed by atoms with Crippen LogP contribution >= 0.6 is 0 Å². The third-order valence-corrected chi connectivity index (χ3v) is 9.57. The number of hydrogen-bond donors (Lipinski definition) is 11. The van der Waals surface area contributed by atoms with Gasteiger partial charge >= 0.3 is 0 Å². The van der Waals surface area contributed by atoms with Gasteiger partial charge < -0.3 is 93.7 Å². The Bertz CT molecular complexity index is 1850. The summed E-state index contributed by atoms with van der Waals surface area (Å²) in [4.78, 5) is 14.2. The molecular weight excluding hydrogens is 728 g/mol. The van der Waals surface area contributed by atoms with Gasteiger partial charge in [0.25, 0.3) is 0 Å². The number of methoxy groups -OCH3 is 1. The molecule has 0 radical (unpaired) electrons. The topological polar surface area (TPSA) is 317 Å². The van der Waals surface area contributed by atoms with Crippen molar-refractivity contribution in [2.24, 2.45) is 0 Å². The maximum atomic E-state index is 14.2. The molecule has 3 fully saturated rings. The van der Waals surface area contributed by atoms with Crippen molar-refractivity contribution in [1.29, 1.82) is 0 Å². The van der Waals surface area contributed by atoms with Gasteiger partial charge in [0.15, 0.2) is 35.9 Å². The number of hydrogen-bond acceptors (Lipinski definition) is 20. The Hall–Kier alpha value is -3.87. The van der Waals surface area contributed by atoms with E-state index in [1.807, 2.05) is 0 Å². The van der Waals surface area contributed by atoms with Gasteiger partial charge in [-0.05, 0) is 32.0 Å². The Morgan fingerprint density at radius 3 is 1.96 bits per heavy atom. The second-order valence-corrected chi connectivity index (χ2v) is 13.3. The Morgan fingerprint density at radius 1 is 0.685 bits per heavy atom. The minimum atomic E-state index is -2.02. The van der Waals surface area contributed by atoms with Crippen LogP contribution in [0.4, 0.5) is 0 Å². The summed E-state index contributed by atoms with van der Waals surface area (Å²) < 4.78 is 45.6. The molecule has 54 heavy (non-hydrogen) atoms. The number of phenolic OH excluding ortho intramolecular Hbond substituents is 3. The zero-order valence-corrected chi connectivity index (χ0v) is 28.8. The molecule has 0 saturated carbocycles. The van der Waals surface area contributed by atoms with Crippen molar-refractivity contribution in [1.82, 2.24) is 0 Å². The molecule has 0 spiro atoms. The highest BCUT2D eigenvalue weighted by atomic mass is 16.8. The Morgan fingerprint density at radius 2 is 1.31 bits per heavy atom. The smallest absolute Gasteiger partial charge is 0.239 e. The molecule has 0 unspecified atom stereocenters. The highest BCUT2D eigenvalue weighted by Gasteiger charge is 2.52. The number of rotatable bonds is 9. The van der Waals surface area contributed by atoms with E-state index in [4.69, 9.17) is 37.6 Å². The third kappa shape index (κ3) is 7.41.